The van der Waals surface area contributed by atoms with E-state index in [1.165, 1.54) is 41.3 Å². The van der Waals surface area contributed by atoms with Crippen molar-refractivity contribution in [3.8, 4) is 33.9 Å². The molecule has 3 aromatic heterocycles. The number of benzene rings is 3. The van der Waals surface area contributed by atoms with Gasteiger partial charge in [-0.05, 0) is 74.7 Å². The van der Waals surface area contributed by atoms with Gasteiger partial charge in [-0.15, -0.1) is 0 Å². The van der Waals surface area contributed by atoms with E-state index in [1.807, 2.05) is 32.0 Å². The summed E-state index contributed by atoms with van der Waals surface area (Å²) in [7, 11) is 0. The molecule has 1 aliphatic carbocycles. The van der Waals surface area contributed by atoms with Gasteiger partial charge >= 0.3 is 11.9 Å². The van der Waals surface area contributed by atoms with Crippen LogP contribution in [0.5, 0.6) is 11.5 Å². The van der Waals surface area contributed by atoms with Crippen molar-refractivity contribution in [1.29, 1.82) is 0 Å². The molecular weight excluding hydrogens is 863 g/mol. The standard InChI is InChI=1S/C47H51N3O16/c1-24-17-25(2)19-28(18-24)37-36-27(13-15-48-36)21-50(37)66-41-39(55)40(56)42(47(61,23-52)65-44(59)35(43(57)58)46(60,14-16-51)49-29-5-3-4-6-29)64-45(41)63-31-11-12-32-34(20-31)62-22-33(38(32)54)26-7-9-30(53)10-8-26/h7-13,15,17-22,29,35,39-42,45,48-49,51-53,55-56,60-61H,3-6,14,16,23H2,1-2H3,(H,57,58)/t35-,39+,40+,41-,42+,45-,46-,47+/m0/s1. The number of aromatic nitrogens is 2. The zero-order chi connectivity index (χ0) is 47.1. The van der Waals surface area contributed by atoms with Crippen molar-refractivity contribution < 1.29 is 73.9 Å². The first-order valence-electron chi connectivity index (χ1n) is 21.4. The normalized spacial score (nSPS) is 22.5. The number of carboxylic acid groups (broad SMARTS) is 1. The maximum atomic E-state index is 13.9. The maximum absolute atomic E-state index is 13.9. The van der Waals surface area contributed by atoms with Gasteiger partial charge in [-0.3, -0.25) is 19.7 Å². The molecule has 0 bridgehead atoms. The van der Waals surface area contributed by atoms with Gasteiger partial charge in [0, 0.05) is 42.3 Å². The number of H-pyrrole nitrogens is 1. The molecule has 4 heterocycles. The molecule has 0 amide bonds. The molecule has 1 saturated carbocycles. The Morgan fingerprint density at radius 3 is 2.33 bits per heavy atom. The van der Waals surface area contributed by atoms with E-state index in [4.69, 9.17) is 23.5 Å². The Bertz CT molecular complexity index is 2760. The summed E-state index contributed by atoms with van der Waals surface area (Å²) < 4.78 is 24.8. The minimum Gasteiger partial charge on any atom is -0.508 e. The van der Waals surface area contributed by atoms with Crippen LogP contribution in [0, 0.1) is 19.8 Å². The van der Waals surface area contributed by atoms with Gasteiger partial charge in [0.15, 0.2) is 17.5 Å². The Morgan fingerprint density at radius 1 is 0.955 bits per heavy atom. The number of carboxylic acids is 1. The van der Waals surface area contributed by atoms with Crippen LogP contribution in [0.25, 0.3) is 44.3 Å². The number of rotatable bonds is 16. The lowest BCUT2D eigenvalue weighted by Crippen LogP contribution is -2.70. The van der Waals surface area contributed by atoms with E-state index in [0.29, 0.717) is 40.6 Å². The third-order valence-corrected chi connectivity index (χ3v) is 12.2. The molecule has 2 aliphatic rings. The Hall–Kier alpha value is -6.29. The van der Waals surface area contributed by atoms with E-state index in [1.54, 1.807) is 30.6 Å². The monoisotopic (exact) mass is 913 g/mol. The Balaban J connectivity index is 1.16. The topological polar surface area (TPSA) is 296 Å². The number of aliphatic carboxylic acids is 1. The molecule has 66 heavy (non-hydrogen) atoms. The second kappa shape index (κ2) is 18.5. The SMILES string of the molecule is Cc1cc(C)cc(-c2c3[nH]ccc3cn2O[C@@H]2[C@@H](Oc3ccc4c(=O)c(-c5ccc(O)cc5)coc4c3)O[C@@H]([C@@](O)(CO)OC(=O)[C@H](C(=O)O)[C@@](O)(CCO)NC3CCCC3)[C@H](O)[C@H]2O)c1. The van der Waals surface area contributed by atoms with E-state index < -0.39 is 91.2 Å². The number of ether oxygens (including phenoxy) is 3. The number of aliphatic hydroxyl groups is 6. The number of aromatic hydroxyl groups is 1. The number of aryl methyl sites for hydroxylation is 2. The van der Waals surface area contributed by atoms with Gasteiger partial charge < -0.3 is 69.3 Å². The van der Waals surface area contributed by atoms with Crippen LogP contribution >= 0.6 is 0 Å². The zero-order valence-corrected chi connectivity index (χ0v) is 35.9. The third kappa shape index (κ3) is 8.99. The number of nitrogens with one attached hydrogen (secondary N) is 2. The summed E-state index contributed by atoms with van der Waals surface area (Å²) >= 11 is 0. The molecule has 0 radical (unpaired) electrons. The molecule has 8 atom stereocenters. The van der Waals surface area contributed by atoms with Crippen molar-refractivity contribution in [1.82, 2.24) is 15.0 Å². The summed E-state index contributed by atoms with van der Waals surface area (Å²) in [5.74, 6) is -9.53. The smallest absolute Gasteiger partial charge is 0.327 e. The average Bonchev–Trinajstić information content (AvgIpc) is 4.02. The van der Waals surface area contributed by atoms with E-state index in [-0.39, 0.29) is 28.0 Å². The van der Waals surface area contributed by atoms with Crippen molar-refractivity contribution in [2.75, 3.05) is 13.2 Å². The average molecular weight is 914 g/mol. The first-order chi connectivity index (χ1) is 31.5. The third-order valence-electron chi connectivity index (χ3n) is 12.2. The van der Waals surface area contributed by atoms with Gasteiger partial charge in [0.2, 0.25) is 12.4 Å². The number of nitrogens with zero attached hydrogens (tertiary/aromatic N) is 1. The minimum absolute atomic E-state index is 0.00538. The molecule has 0 spiro atoms. The second-order valence-corrected chi connectivity index (χ2v) is 17.0. The van der Waals surface area contributed by atoms with Crippen LogP contribution in [-0.2, 0) is 19.1 Å². The number of carbonyl (C=O) groups is 2. The molecule has 19 heteroatoms. The Kier molecular flexibility index (Phi) is 13.0. The van der Waals surface area contributed by atoms with Gasteiger partial charge in [-0.1, -0.05) is 42.2 Å². The van der Waals surface area contributed by atoms with E-state index in [0.717, 1.165) is 24.0 Å². The van der Waals surface area contributed by atoms with Crippen molar-refractivity contribution in [2.24, 2.45) is 5.92 Å². The minimum atomic E-state index is -3.32. The number of aliphatic hydroxyl groups excluding tert-OH is 4. The zero-order valence-electron chi connectivity index (χ0n) is 35.9. The molecule has 350 valence electrons. The predicted molar refractivity (Wildman–Crippen MR) is 234 cm³/mol. The van der Waals surface area contributed by atoms with Crippen LogP contribution in [0.15, 0.2) is 94.6 Å². The quantitative estimate of drug-likeness (QED) is 0.0379. The van der Waals surface area contributed by atoms with Crippen LogP contribution in [0.1, 0.15) is 43.2 Å². The fraction of sp³-hybridized carbons (Fsp3) is 0.383. The van der Waals surface area contributed by atoms with Crippen molar-refractivity contribution in [2.45, 2.75) is 94.2 Å². The van der Waals surface area contributed by atoms with Crippen LogP contribution in [-0.4, -0.2) is 124 Å². The van der Waals surface area contributed by atoms with Gasteiger partial charge in [-0.25, -0.2) is 0 Å². The first kappa shape index (κ1) is 46.2. The highest BCUT2D eigenvalue weighted by molar-refractivity contribution is 5.96. The van der Waals surface area contributed by atoms with Crippen molar-refractivity contribution in [3.63, 3.8) is 0 Å². The summed E-state index contributed by atoms with van der Waals surface area (Å²) in [5.41, 5.74) is 1.45. The van der Waals surface area contributed by atoms with E-state index >= 15 is 0 Å². The molecule has 1 aliphatic heterocycles. The number of phenolic OH excluding ortho intramolecular Hbond substituents is 1. The Labute approximate surface area is 375 Å². The highest BCUT2D eigenvalue weighted by atomic mass is 16.8. The fourth-order valence-electron chi connectivity index (χ4n) is 8.97. The lowest BCUT2D eigenvalue weighted by atomic mass is 9.90. The second-order valence-electron chi connectivity index (χ2n) is 17.0. The number of carbonyl (C=O) groups excluding carboxylic acids is 1. The molecule has 2 fully saturated rings. The molecule has 6 aromatic rings. The number of hydrogen-bond donors (Lipinski definition) is 10. The number of hydrogen-bond acceptors (Lipinski definition) is 16. The Morgan fingerprint density at radius 2 is 1.67 bits per heavy atom. The maximum Gasteiger partial charge on any atom is 0.327 e. The largest absolute Gasteiger partial charge is 0.508 e. The van der Waals surface area contributed by atoms with Gasteiger partial charge in [0.1, 0.15) is 53.6 Å². The van der Waals surface area contributed by atoms with Crippen LogP contribution < -0.4 is 20.3 Å². The number of phenols is 1. The van der Waals surface area contributed by atoms with E-state index in [9.17, 15) is 55.2 Å². The molecular formula is C47H51N3O16. The molecule has 8 rings (SSSR count). The van der Waals surface area contributed by atoms with Crippen molar-refractivity contribution in [3.05, 3.63) is 107 Å². The summed E-state index contributed by atoms with van der Waals surface area (Å²) in [6.45, 7) is 1.55. The number of esters is 1. The first-order valence-corrected chi connectivity index (χ1v) is 21.4. The summed E-state index contributed by atoms with van der Waals surface area (Å²) in [6, 6.07) is 17.2. The van der Waals surface area contributed by atoms with Crippen LogP contribution in [0.3, 0.4) is 0 Å². The van der Waals surface area contributed by atoms with Crippen molar-refractivity contribution >= 4 is 33.8 Å². The summed E-state index contributed by atoms with van der Waals surface area (Å²) in [6.07, 6.45) is -3.69. The van der Waals surface area contributed by atoms with Crippen LogP contribution in [0.2, 0.25) is 0 Å². The lowest BCUT2D eigenvalue weighted by molar-refractivity contribution is -0.356. The molecule has 0 unspecified atom stereocenters. The molecule has 1 saturated heterocycles. The number of fused-ring (bicyclic) bond motifs is 2. The highest BCUT2D eigenvalue weighted by Crippen LogP contribution is 2.37. The predicted octanol–water partition coefficient (Wildman–Crippen LogP) is 2.58. The van der Waals surface area contributed by atoms with E-state index in [2.05, 4.69) is 10.3 Å². The molecule has 10 N–H and O–H groups in total. The van der Waals surface area contributed by atoms with Gasteiger partial charge in [0.25, 0.3) is 5.79 Å². The summed E-state index contributed by atoms with van der Waals surface area (Å²) in [5, 5.41) is 91.2. The molecule has 19 nitrogen and oxygen atoms in total. The van der Waals surface area contributed by atoms with Crippen LogP contribution in [0.4, 0.5) is 0 Å². The lowest BCUT2D eigenvalue weighted by Gasteiger charge is -2.46. The fourth-order valence-corrected chi connectivity index (χ4v) is 8.97. The highest BCUT2D eigenvalue weighted by Gasteiger charge is 2.59. The number of aromatic amines is 1. The van der Waals surface area contributed by atoms with Gasteiger partial charge in [-0.2, -0.15) is 4.73 Å². The molecule has 3 aromatic carbocycles. The van der Waals surface area contributed by atoms with Gasteiger partial charge in [0.05, 0.1) is 22.7 Å². The summed E-state index contributed by atoms with van der Waals surface area (Å²) in [4.78, 5) is 49.8.